The van der Waals surface area contributed by atoms with Crippen molar-refractivity contribution in [2.75, 3.05) is 18.4 Å². The SMILES string of the molecule is Cl.N#Cc1ccnc(NCC2CCCCN2)c1. The lowest BCUT2D eigenvalue weighted by atomic mass is 10.1. The molecule has 1 unspecified atom stereocenters. The van der Waals surface area contributed by atoms with Gasteiger partial charge in [-0.2, -0.15) is 5.26 Å². The third-order valence-electron chi connectivity index (χ3n) is 2.83. The van der Waals surface area contributed by atoms with E-state index in [1.807, 2.05) is 0 Å². The number of nitriles is 1. The van der Waals surface area contributed by atoms with Crippen LogP contribution in [0.5, 0.6) is 0 Å². The second-order valence-corrected chi connectivity index (χ2v) is 4.07. The van der Waals surface area contributed by atoms with Crippen molar-refractivity contribution in [3.8, 4) is 6.07 Å². The molecule has 5 heteroatoms. The molecule has 2 rings (SSSR count). The molecule has 2 N–H and O–H groups in total. The van der Waals surface area contributed by atoms with Crippen LogP contribution >= 0.6 is 12.4 Å². The van der Waals surface area contributed by atoms with Crippen LogP contribution in [-0.4, -0.2) is 24.1 Å². The van der Waals surface area contributed by atoms with Crippen LogP contribution in [-0.2, 0) is 0 Å². The van der Waals surface area contributed by atoms with Gasteiger partial charge in [-0.3, -0.25) is 0 Å². The summed E-state index contributed by atoms with van der Waals surface area (Å²) in [6, 6.07) is 6.13. The van der Waals surface area contributed by atoms with Crippen molar-refractivity contribution in [3.05, 3.63) is 23.9 Å². The standard InChI is InChI=1S/C12H16N4.ClH/c13-8-10-4-6-15-12(7-10)16-9-11-3-1-2-5-14-11;/h4,6-7,11,14H,1-3,5,9H2,(H,15,16);1H. The molecule has 0 bridgehead atoms. The van der Waals surface area contributed by atoms with Crippen molar-refractivity contribution in [1.82, 2.24) is 10.3 Å². The van der Waals surface area contributed by atoms with E-state index >= 15 is 0 Å². The molecular formula is C12H17ClN4. The summed E-state index contributed by atoms with van der Waals surface area (Å²) < 4.78 is 0. The molecule has 17 heavy (non-hydrogen) atoms. The summed E-state index contributed by atoms with van der Waals surface area (Å²) >= 11 is 0. The van der Waals surface area contributed by atoms with Crippen molar-refractivity contribution < 1.29 is 0 Å². The lowest BCUT2D eigenvalue weighted by Gasteiger charge is -2.23. The number of hydrogen-bond donors (Lipinski definition) is 2. The molecule has 1 aliphatic rings. The van der Waals surface area contributed by atoms with Gasteiger partial charge in [0.15, 0.2) is 0 Å². The van der Waals surface area contributed by atoms with Crippen LogP contribution < -0.4 is 10.6 Å². The Kier molecular flexibility index (Phi) is 5.75. The van der Waals surface area contributed by atoms with Crippen molar-refractivity contribution in [2.45, 2.75) is 25.3 Å². The maximum atomic E-state index is 8.76. The van der Waals surface area contributed by atoms with E-state index in [0.29, 0.717) is 11.6 Å². The van der Waals surface area contributed by atoms with Crippen LogP contribution in [0.15, 0.2) is 18.3 Å². The van der Waals surface area contributed by atoms with Crippen LogP contribution in [0.4, 0.5) is 5.82 Å². The number of rotatable bonds is 3. The first-order valence-corrected chi connectivity index (χ1v) is 5.72. The van der Waals surface area contributed by atoms with Crippen LogP contribution in [0, 0.1) is 11.3 Å². The van der Waals surface area contributed by atoms with Gasteiger partial charge in [0.05, 0.1) is 11.6 Å². The molecule has 0 saturated carbocycles. The summed E-state index contributed by atoms with van der Waals surface area (Å²) in [5.41, 5.74) is 0.647. The number of pyridine rings is 1. The monoisotopic (exact) mass is 252 g/mol. The van der Waals surface area contributed by atoms with E-state index in [1.165, 1.54) is 19.3 Å². The predicted molar refractivity (Wildman–Crippen MR) is 70.3 cm³/mol. The van der Waals surface area contributed by atoms with Gasteiger partial charge in [0, 0.05) is 18.8 Å². The Morgan fingerprint density at radius 1 is 1.53 bits per heavy atom. The Morgan fingerprint density at radius 3 is 3.12 bits per heavy atom. The molecule has 0 radical (unpaired) electrons. The Bertz CT molecular complexity index is 382. The van der Waals surface area contributed by atoms with Crippen LogP contribution in [0.3, 0.4) is 0 Å². The second-order valence-electron chi connectivity index (χ2n) is 4.07. The van der Waals surface area contributed by atoms with E-state index in [2.05, 4.69) is 21.7 Å². The number of nitrogens with zero attached hydrogens (tertiary/aromatic N) is 2. The Labute approximate surface area is 108 Å². The van der Waals surface area contributed by atoms with Crippen LogP contribution in [0.1, 0.15) is 24.8 Å². The second kappa shape index (κ2) is 7.10. The van der Waals surface area contributed by atoms with Gasteiger partial charge in [0.2, 0.25) is 0 Å². The van der Waals surface area contributed by atoms with E-state index in [0.717, 1.165) is 18.9 Å². The number of nitrogens with one attached hydrogen (secondary N) is 2. The van der Waals surface area contributed by atoms with Crippen LogP contribution in [0.2, 0.25) is 0 Å². The fourth-order valence-corrected chi connectivity index (χ4v) is 1.92. The van der Waals surface area contributed by atoms with Crippen LogP contribution in [0.25, 0.3) is 0 Å². The number of aromatic nitrogens is 1. The summed E-state index contributed by atoms with van der Waals surface area (Å²) in [5, 5.41) is 15.5. The normalized spacial score (nSPS) is 18.9. The molecule has 4 nitrogen and oxygen atoms in total. The molecule has 1 aromatic rings. The van der Waals surface area contributed by atoms with Crippen molar-refractivity contribution in [1.29, 1.82) is 5.26 Å². The lowest BCUT2D eigenvalue weighted by Crippen LogP contribution is -2.39. The molecule has 2 heterocycles. The van der Waals surface area contributed by atoms with Crippen molar-refractivity contribution in [2.24, 2.45) is 0 Å². The van der Waals surface area contributed by atoms with Gasteiger partial charge < -0.3 is 10.6 Å². The Morgan fingerprint density at radius 2 is 2.41 bits per heavy atom. The molecule has 1 atom stereocenters. The van der Waals surface area contributed by atoms with Gasteiger partial charge in [-0.25, -0.2) is 4.98 Å². The fraction of sp³-hybridized carbons (Fsp3) is 0.500. The lowest BCUT2D eigenvalue weighted by molar-refractivity contribution is 0.414. The first-order chi connectivity index (χ1) is 7.88. The highest BCUT2D eigenvalue weighted by atomic mass is 35.5. The van der Waals surface area contributed by atoms with Gasteiger partial charge in [0.1, 0.15) is 5.82 Å². The highest BCUT2D eigenvalue weighted by Crippen LogP contribution is 2.09. The average Bonchev–Trinajstić information content (AvgIpc) is 2.38. The summed E-state index contributed by atoms with van der Waals surface area (Å²) in [4.78, 5) is 4.18. The molecule has 1 aliphatic heterocycles. The van der Waals surface area contributed by atoms with E-state index in [-0.39, 0.29) is 12.4 Å². The predicted octanol–water partition coefficient (Wildman–Crippen LogP) is 1.93. The third kappa shape index (κ3) is 4.22. The zero-order valence-corrected chi connectivity index (χ0v) is 10.5. The number of hydrogen-bond acceptors (Lipinski definition) is 4. The topological polar surface area (TPSA) is 60.7 Å². The van der Waals surface area contributed by atoms with Gasteiger partial charge in [-0.15, -0.1) is 12.4 Å². The smallest absolute Gasteiger partial charge is 0.127 e. The first-order valence-electron chi connectivity index (χ1n) is 5.72. The molecule has 1 aromatic heterocycles. The Hall–Kier alpha value is -1.31. The summed E-state index contributed by atoms with van der Waals surface area (Å²) in [6.07, 6.45) is 5.45. The van der Waals surface area contributed by atoms with Gasteiger partial charge in [-0.1, -0.05) is 6.42 Å². The number of halogens is 1. The number of anilines is 1. The Balaban J connectivity index is 0.00000144. The van der Waals surface area contributed by atoms with E-state index in [1.54, 1.807) is 18.3 Å². The maximum absolute atomic E-state index is 8.76. The highest BCUT2D eigenvalue weighted by molar-refractivity contribution is 5.85. The molecule has 0 aromatic carbocycles. The third-order valence-corrected chi connectivity index (χ3v) is 2.83. The molecule has 1 fully saturated rings. The molecule has 1 saturated heterocycles. The number of piperidine rings is 1. The molecule has 92 valence electrons. The minimum Gasteiger partial charge on any atom is -0.368 e. The maximum Gasteiger partial charge on any atom is 0.127 e. The van der Waals surface area contributed by atoms with Gasteiger partial charge >= 0.3 is 0 Å². The van der Waals surface area contributed by atoms with Gasteiger partial charge in [0.25, 0.3) is 0 Å². The van der Waals surface area contributed by atoms with Gasteiger partial charge in [-0.05, 0) is 31.5 Å². The first kappa shape index (κ1) is 13.8. The summed E-state index contributed by atoms with van der Waals surface area (Å²) in [6.45, 7) is 1.99. The minimum absolute atomic E-state index is 0. The average molecular weight is 253 g/mol. The fourth-order valence-electron chi connectivity index (χ4n) is 1.92. The quantitative estimate of drug-likeness (QED) is 0.863. The van der Waals surface area contributed by atoms with E-state index in [4.69, 9.17) is 5.26 Å². The molecule has 0 aliphatic carbocycles. The minimum atomic E-state index is 0. The summed E-state index contributed by atoms with van der Waals surface area (Å²) in [5.74, 6) is 0.784. The van der Waals surface area contributed by atoms with Crippen molar-refractivity contribution in [3.63, 3.8) is 0 Å². The molecule has 0 spiro atoms. The zero-order valence-electron chi connectivity index (χ0n) is 9.65. The van der Waals surface area contributed by atoms with Crippen molar-refractivity contribution >= 4 is 18.2 Å². The molecule has 0 amide bonds. The summed E-state index contributed by atoms with van der Waals surface area (Å²) in [7, 11) is 0. The highest BCUT2D eigenvalue weighted by Gasteiger charge is 2.11. The largest absolute Gasteiger partial charge is 0.368 e. The van der Waals surface area contributed by atoms with E-state index in [9.17, 15) is 0 Å². The van der Waals surface area contributed by atoms with E-state index < -0.39 is 0 Å². The molecular weight excluding hydrogens is 236 g/mol. The zero-order chi connectivity index (χ0) is 11.2.